The number of carbonyl (C=O) groups is 1. The van der Waals surface area contributed by atoms with Gasteiger partial charge in [-0.3, -0.25) is 4.79 Å². The van der Waals surface area contributed by atoms with E-state index in [0.717, 1.165) is 26.1 Å². The van der Waals surface area contributed by atoms with Crippen LogP contribution in [0.5, 0.6) is 0 Å². The van der Waals surface area contributed by atoms with E-state index >= 15 is 0 Å². The van der Waals surface area contributed by atoms with Crippen molar-refractivity contribution in [1.29, 1.82) is 0 Å². The minimum Gasteiger partial charge on any atom is -0.355 e. The molecule has 1 aromatic carbocycles. The fourth-order valence-corrected chi connectivity index (χ4v) is 4.23. The first kappa shape index (κ1) is 14.0. The molecule has 1 amide bonds. The lowest BCUT2D eigenvalue weighted by Gasteiger charge is -2.34. The minimum absolute atomic E-state index is 0.0487. The molecule has 0 aliphatic carbocycles. The molecule has 2 aliphatic heterocycles. The largest absolute Gasteiger partial charge is 0.355 e. The normalized spacial score (nSPS) is 28.9. The maximum Gasteiger partial charge on any atom is 0.233 e. The predicted molar refractivity (Wildman–Crippen MR) is 83.0 cm³/mol. The molecule has 2 unspecified atom stereocenters. The molecule has 20 heavy (non-hydrogen) atoms. The van der Waals surface area contributed by atoms with Gasteiger partial charge in [0.25, 0.3) is 0 Å². The van der Waals surface area contributed by atoms with Gasteiger partial charge in [-0.25, -0.2) is 0 Å². The van der Waals surface area contributed by atoms with E-state index in [4.69, 9.17) is 0 Å². The molecule has 0 saturated carbocycles. The van der Waals surface area contributed by atoms with Crippen LogP contribution in [0.3, 0.4) is 0 Å². The van der Waals surface area contributed by atoms with E-state index < -0.39 is 0 Å². The summed E-state index contributed by atoms with van der Waals surface area (Å²) in [5.41, 5.74) is 1.52. The molecular formula is C16H22N2OS. The molecule has 2 N–H and O–H groups in total. The summed E-state index contributed by atoms with van der Waals surface area (Å²) in [6, 6.07) is 8.33. The lowest BCUT2D eigenvalue weighted by atomic mass is 9.83. The fraction of sp³-hybridized carbons (Fsp3) is 0.562. The summed E-state index contributed by atoms with van der Waals surface area (Å²) < 4.78 is 0. The topological polar surface area (TPSA) is 41.1 Å². The molecule has 4 heteroatoms. The van der Waals surface area contributed by atoms with E-state index in [2.05, 4.69) is 35.8 Å². The van der Waals surface area contributed by atoms with Gasteiger partial charge in [0.1, 0.15) is 0 Å². The third-order valence-electron chi connectivity index (χ3n) is 4.31. The maximum atomic E-state index is 12.3. The number of thioether (sulfide) groups is 1. The van der Waals surface area contributed by atoms with Crippen molar-refractivity contribution in [2.45, 2.75) is 36.3 Å². The monoisotopic (exact) mass is 290 g/mol. The molecule has 1 fully saturated rings. The zero-order chi connectivity index (χ0) is 14.0. The van der Waals surface area contributed by atoms with Crippen molar-refractivity contribution in [3.63, 3.8) is 0 Å². The second-order valence-corrected chi connectivity index (χ2v) is 7.47. The highest BCUT2D eigenvalue weighted by Gasteiger charge is 2.31. The van der Waals surface area contributed by atoms with Crippen LogP contribution in [0.4, 0.5) is 0 Å². The molecule has 108 valence electrons. The van der Waals surface area contributed by atoms with Crippen molar-refractivity contribution in [2.24, 2.45) is 5.41 Å². The van der Waals surface area contributed by atoms with Crippen LogP contribution in [0.1, 0.15) is 25.3 Å². The summed E-state index contributed by atoms with van der Waals surface area (Å²) in [7, 11) is 0. The Hall–Kier alpha value is -1.00. The lowest BCUT2D eigenvalue weighted by Crippen LogP contribution is -2.47. The van der Waals surface area contributed by atoms with Crippen molar-refractivity contribution < 1.29 is 4.79 Å². The van der Waals surface area contributed by atoms with Crippen LogP contribution in [-0.4, -0.2) is 30.8 Å². The Morgan fingerprint density at radius 2 is 2.35 bits per heavy atom. The molecule has 3 rings (SSSR count). The first-order chi connectivity index (χ1) is 9.66. The lowest BCUT2D eigenvalue weighted by molar-refractivity contribution is -0.121. The van der Waals surface area contributed by atoms with E-state index in [1.165, 1.54) is 23.3 Å². The molecule has 2 heterocycles. The maximum absolute atomic E-state index is 12.3. The molecule has 2 aliphatic rings. The standard InChI is InChI=1S/C16H22N2OS/c1-16(7-4-8-17-10-16)11-18-15(19)14-9-12-5-2-3-6-13(12)20-14/h2-3,5-6,14,17H,4,7-11H2,1H3,(H,18,19). The molecule has 1 saturated heterocycles. The number of fused-ring (bicyclic) bond motifs is 1. The summed E-state index contributed by atoms with van der Waals surface area (Å²) in [5.74, 6) is 0.193. The average molecular weight is 290 g/mol. The van der Waals surface area contributed by atoms with Crippen LogP contribution >= 0.6 is 11.8 Å². The quantitative estimate of drug-likeness (QED) is 0.897. The molecule has 0 aromatic heterocycles. The summed E-state index contributed by atoms with van der Waals surface area (Å²) in [6.07, 6.45) is 3.26. The number of hydrogen-bond acceptors (Lipinski definition) is 3. The van der Waals surface area contributed by atoms with Crippen LogP contribution in [0, 0.1) is 5.41 Å². The highest BCUT2D eigenvalue weighted by molar-refractivity contribution is 8.01. The fourth-order valence-electron chi connectivity index (χ4n) is 3.01. The van der Waals surface area contributed by atoms with Gasteiger partial charge in [-0.05, 0) is 42.9 Å². The Morgan fingerprint density at radius 3 is 3.10 bits per heavy atom. The number of rotatable bonds is 3. The Balaban J connectivity index is 1.53. The van der Waals surface area contributed by atoms with Crippen LogP contribution < -0.4 is 10.6 Å². The van der Waals surface area contributed by atoms with Gasteiger partial charge in [-0.15, -0.1) is 11.8 Å². The van der Waals surface area contributed by atoms with Gasteiger partial charge in [0, 0.05) is 18.0 Å². The highest BCUT2D eigenvalue weighted by atomic mass is 32.2. The molecule has 0 spiro atoms. The van der Waals surface area contributed by atoms with Crippen LogP contribution in [0.15, 0.2) is 29.2 Å². The van der Waals surface area contributed by atoms with E-state index in [1.807, 2.05) is 6.07 Å². The second-order valence-electron chi connectivity index (χ2n) is 6.23. The van der Waals surface area contributed by atoms with Gasteiger partial charge in [-0.1, -0.05) is 25.1 Å². The van der Waals surface area contributed by atoms with Crippen molar-refractivity contribution in [1.82, 2.24) is 10.6 Å². The molecular weight excluding hydrogens is 268 g/mol. The number of nitrogens with one attached hydrogen (secondary N) is 2. The minimum atomic E-state index is 0.0487. The zero-order valence-electron chi connectivity index (χ0n) is 11.9. The third kappa shape index (κ3) is 3.01. The van der Waals surface area contributed by atoms with Gasteiger partial charge >= 0.3 is 0 Å². The number of carbonyl (C=O) groups excluding carboxylic acids is 1. The van der Waals surface area contributed by atoms with Crippen LogP contribution in [0.25, 0.3) is 0 Å². The number of amides is 1. The van der Waals surface area contributed by atoms with Crippen molar-refractivity contribution in [3.05, 3.63) is 29.8 Å². The van der Waals surface area contributed by atoms with Gasteiger partial charge in [0.2, 0.25) is 5.91 Å². The van der Waals surface area contributed by atoms with Crippen molar-refractivity contribution in [2.75, 3.05) is 19.6 Å². The van der Waals surface area contributed by atoms with Gasteiger partial charge in [-0.2, -0.15) is 0 Å². The van der Waals surface area contributed by atoms with Gasteiger partial charge < -0.3 is 10.6 Å². The van der Waals surface area contributed by atoms with Crippen molar-refractivity contribution >= 4 is 17.7 Å². The number of benzene rings is 1. The van der Waals surface area contributed by atoms with E-state index in [1.54, 1.807) is 11.8 Å². The van der Waals surface area contributed by atoms with Gasteiger partial charge in [0.05, 0.1) is 5.25 Å². The summed E-state index contributed by atoms with van der Waals surface area (Å²) in [6.45, 7) is 5.16. The zero-order valence-corrected chi connectivity index (χ0v) is 12.8. The third-order valence-corrected chi connectivity index (χ3v) is 5.63. The molecule has 3 nitrogen and oxygen atoms in total. The van der Waals surface area contributed by atoms with E-state index in [9.17, 15) is 4.79 Å². The Labute approximate surface area is 124 Å². The Bertz CT molecular complexity index is 472. The smallest absolute Gasteiger partial charge is 0.233 e. The van der Waals surface area contributed by atoms with Gasteiger partial charge in [0.15, 0.2) is 0 Å². The predicted octanol–water partition coefficient (Wildman–Crippen LogP) is 2.21. The molecule has 2 atom stereocenters. The first-order valence-electron chi connectivity index (χ1n) is 7.39. The number of hydrogen-bond donors (Lipinski definition) is 2. The van der Waals surface area contributed by atoms with Crippen LogP contribution in [0.2, 0.25) is 0 Å². The first-order valence-corrected chi connectivity index (χ1v) is 8.27. The van der Waals surface area contributed by atoms with Crippen molar-refractivity contribution in [3.8, 4) is 0 Å². The summed E-state index contributed by atoms with van der Waals surface area (Å²) >= 11 is 1.70. The summed E-state index contributed by atoms with van der Waals surface area (Å²) in [4.78, 5) is 13.6. The molecule has 0 bridgehead atoms. The SMILES string of the molecule is CC1(CNC(=O)C2Cc3ccccc3S2)CCCNC1. The summed E-state index contributed by atoms with van der Waals surface area (Å²) in [5, 5.41) is 6.64. The van der Waals surface area contributed by atoms with E-state index in [0.29, 0.717) is 0 Å². The number of piperidine rings is 1. The molecule has 1 aromatic rings. The Morgan fingerprint density at radius 1 is 1.50 bits per heavy atom. The van der Waals surface area contributed by atoms with E-state index in [-0.39, 0.29) is 16.6 Å². The molecule has 0 radical (unpaired) electrons. The highest BCUT2D eigenvalue weighted by Crippen LogP contribution is 2.36. The van der Waals surface area contributed by atoms with Crippen LogP contribution in [-0.2, 0) is 11.2 Å². The average Bonchev–Trinajstić information content (AvgIpc) is 2.89. The Kier molecular flexibility index (Phi) is 4.03. The second kappa shape index (κ2) is 5.78.